The first kappa shape index (κ1) is 14.6. The summed E-state index contributed by atoms with van der Waals surface area (Å²) in [5.74, 6) is 0. The molecular formula is C15H20N4OS. The number of morpholine rings is 1. The Morgan fingerprint density at radius 1 is 1.33 bits per heavy atom. The van der Waals surface area contributed by atoms with E-state index in [4.69, 9.17) is 4.74 Å². The first-order valence-electron chi connectivity index (χ1n) is 7.28. The third-order valence-corrected chi connectivity index (χ3v) is 4.53. The SMILES string of the molecule is Cc1nccnc1CC[C@@H]1COCCN1Cc1cscn1. The predicted octanol–water partition coefficient (Wildman–Crippen LogP) is 2.08. The van der Waals surface area contributed by atoms with E-state index in [1.54, 1.807) is 23.7 Å². The molecule has 0 N–H and O–H groups in total. The molecule has 0 saturated carbocycles. The van der Waals surface area contributed by atoms with E-state index in [2.05, 4.69) is 25.2 Å². The molecule has 2 aromatic heterocycles. The monoisotopic (exact) mass is 304 g/mol. The van der Waals surface area contributed by atoms with Gasteiger partial charge in [-0.05, 0) is 19.8 Å². The molecule has 1 saturated heterocycles. The third-order valence-electron chi connectivity index (χ3n) is 3.90. The number of aromatic nitrogens is 3. The van der Waals surface area contributed by atoms with Crippen molar-refractivity contribution in [3.63, 3.8) is 0 Å². The molecule has 0 spiro atoms. The van der Waals surface area contributed by atoms with Crippen LogP contribution in [0.4, 0.5) is 0 Å². The van der Waals surface area contributed by atoms with Gasteiger partial charge in [0.1, 0.15) is 0 Å². The third kappa shape index (κ3) is 3.84. The number of hydrogen-bond acceptors (Lipinski definition) is 6. The maximum atomic E-state index is 5.65. The fraction of sp³-hybridized carbons (Fsp3) is 0.533. The molecule has 1 aliphatic rings. The Hall–Kier alpha value is -1.37. The molecule has 0 radical (unpaired) electrons. The largest absolute Gasteiger partial charge is 0.378 e. The van der Waals surface area contributed by atoms with Crippen LogP contribution < -0.4 is 0 Å². The Balaban J connectivity index is 1.60. The van der Waals surface area contributed by atoms with Gasteiger partial charge in [0.05, 0.1) is 35.8 Å². The average molecular weight is 304 g/mol. The highest BCUT2D eigenvalue weighted by Gasteiger charge is 2.23. The summed E-state index contributed by atoms with van der Waals surface area (Å²) in [6.45, 7) is 5.51. The minimum atomic E-state index is 0.432. The molecule has 3 heterocycles. The highest BCUT2D eigenvalue weighted by Crippen LogP contribution is 2.17. The van der Waals surface area contributed by atoms with Gasteiger partial charge in [0, 0.05) is 36.9 Å². The molecule has 5 nitrogen and oxygen atoms in total. The van der Waals surface area contributed by atoms with Crippen molar-refractivity contribution in [2.24, 2.45) is 0 Å². The van der Waals surface area contributed by atoms with Crippen LogP contribution in [-0.2, 0) is 17.7 Å². The zero-order valence-electron chi connectivity index (χ0n) is 12.2. The number of hydrogen-bond donors (Lipinski definition) is 0. The lowest BCUT2D eigenvalue weighted by Crippen LogP contribution is -2.45. The molecule has 1 atom stereocenters. The molecule has 0 unspecified atom stereocenters. The van der Waals surface area contributed by atoms with Crippen molar-refractivity contribution >= 4 is 11.3 Å². The molecule has 1 aliphatic heterocycles. The van der Waals surface area contributed by atoms with Crippen LogP contribution in [0.3, 0.4) is 0 Å². The second-order valence-corrected chi connectivity index (χ2v) is 6.02. The molecule has 6 heteroatoms. The van der Waals surface area contributed by atoms with Crippen LogP contribution in [0.25, 0.3) is 0 Å². The first-order chi connectivity index (χ1) is 10.3. The summed E-state index contributed by atoms with van der Waals surface area (Å²) in [6.07, 6.45) is 5.51. The lowest BCUT2D eigenvalue weighted by atomic mass is 10.1. The summed E-state index contributed by atoms with van der Waals surface area (Å²) < 4.78 is 5.65. The van der Waals surface area contributed by atoms with Crippen LogP contribution in [0.2, 0.25) is 0 Å². The summed E-state index contributed by atoms with van der Waals surface area (Å²) in [4.78, 5) is 15.6. The quantitative estimate of drug-likeness (QED) is 0.846. The van der Waals surface area contributed by atoms with Gasteiger partial charge in [0.25, 0.3) is 0 Å². The maximum absolute atomic E-state index is 5.65. The van der Waals surface area contributed by atoms with E-state index < -0.39 is 0 Å². The van der Waals surface area contributed by atoms with Crippen molar-refractivity contribution in [3.8, 4) is 0 Å². The molecule has 0 amide bonds. The molecular weight excluding hydrogens is 284 g/mol. The fourth-order valence-corrected chi connectivity index (χ4v) is 3.22. The van der Waals surface area contributed by atoms with E-state index in [0.29, 0.717) is 6.04 Å². The Morgan fingerprint density at radius 2 is 2.24 bits per heavy atom. The van der Waals surface area contributed by atoms with Crippen LogP contribution in [0.5, 0.6) is 0 Å². The Labute approximate surface area is 129 Å². The van der Waals surface area contributed by atoms with Crippen LogP contribution in [0, 0.1) is 6.92 Å². The number of aryl methyl sites for hydroxylation is 2. The maximum Gasteiger partial charge on any atom is 0.0795 e. The van der Waals surface area contributed by atoms with E-state index in [9.17, 15) is 0 Å². The van der Waals surface area contributed by atoms with Crippen LogP contribution >= 0.6 is 11.3 Å². The van der Waals surface area contributed by atoms with Crippen molar-refractivity contribution in [2.75, 3.05) is 19.8 Å². The lowest BCUT2D eigenvalue weighted by molar-refractivity contribution is -0.0149. The number of rotatable bonds is 5. The molecule has 21 heavy (non-hydrogen) atoms. The lowest BCUT2D eigenvalue weighted by Gasteiger charge is -2.35. The summed E-state index contributed by atoms with van der Waals surface area (Å²) in [7, 11) is 0. The van der Waals surface area contributed by atoms with Gasteiger partial charge in [-0.15, -0.1) is 11.3 Å². The summed E-state index contributed by atoms with van der Waals surface area (Å²) in [6, 6.07) is 0.432. The molecule has 0 aromatic carbocycles. The Morgan fingerprint density at radius 3 is 3.05 bits per heavy atom. The molecule has 0 aliphatic carbocycles. The second kappa shape index (κ2) is 7.06. The van der Waals surface area contributed by atoms with Crippen LogP contribution in [0.15, 0.2) is 23.3 Å². The van der Waals surface area contributed by atoms with Gasteiger partial charge in [-0.2, -0.15) is 0 Å². The van der Waals surface area contributed by atoms with E-state index in [0.717, 1.165) is 56.2 Å². The topological polar surface area (TPSA) is 51.1 Å². The Bertz CT molecular complexity index is 561. The number of thiazole rings is 1. The van der Waals surface area contributed by atoms with Gasteiger partial charge in [-0.1, -0.05) is 0 Å². The highest BCUT2D eigenvalue weighted by molar-refractivity contribution is 7.07. The van der Waals surface area contributed by atoms with E-state index >= 15 is 0 Å². The zero-order chi connectivity index (χ0) is 14.5. The molecule has 112 valence electrons. The zero-order valence-corrected chi connectivity index (χ0v) is 13.1. The second-order valence-electron chi connectivity index (χ2n) is 5.31. The van der Waals surface area contributed by atoms with E-state index in [-0.39, 0.29) is 0 Å². The predicted molar refractivity (Wildman–Crippen MR) is 82.2 cm³/mol. The highest BCUT2D eigenvalue weighted by atomic mass is 32.1. The molecule has 1 fully saturated rings. The summed E-state index contributed by atoms with van der Waals surface area (Å²) in [5.41, 5.74) is 5.17. The minimum absolute atomic E-state index is 0.432. The van der Waals surface area contributed by atoms with E-state index in [1.165, 1.54) is 0 Å². The van der Waals surface area contributed by atoms with Crippen LogP contribution in [0.1, 0.15) is 23.5 Å². The molecule has 2 aromatic rings. The fourth-order valence-electron chi connectivity index (χ4n) is 2.67. The van der Waals surface area contributed by atoms with Crippen molar-refractivity contribution in [2.45, 2.75) is 32.4 Å². The minimum Gasteiger partial charge on any atom is -0.378 e. The van der Waals surface area contributed by atoms with Crippen LogP contribution in [-0.4, -0.2) is 45.7 Å². The summed E-state index contributed by atoms with van der Waals surface area (Å²) >= 11 is 1.65. The van der Waals surface area contributed by atoms with Gasteiger partial charge in [-0.25, -0.2) is 4.98 Å². The molecule has 0 bridgehead atoms. The first-order valence-corrected chi connectivity index (χ1v) is 8.22. The van der Waals surface area contributed by atoms with Crippen molar-refractivity contribution in [1.82, 2.24) is 19.9 Å². The number of ether oxygens (including phenoxy) is 1. The van der Waals surface area contributed by atoms with Crippen molar-refractivity contribution in [3.05, 3.63) is 40.4 Å². The van der Waals surface area contributed by atoms with Gasteiger partial charge >= 0.3 is 0 Å². The normalized spacial score (nSPS) is 19.8. The molecule has 3 rings (SSSR count). The standard InChI is InChI=1S/C15H20N4OS/c1-12-15(17-5-4-16-12)3-2-14-9-20-7-6-19(14)8-13-10-21-11-18-13/h4-5,10-11,14H,2-3,6-9H2,1H3/t14-/m1/s1. The van der Waals surface area contributed by atoms with Gasteiger partial charge < -0.3 is 4.74 Å². The van der Waals surface area contributed by atoms with Crippen molar-refractivity contribution < 1.29 is 4.74 Å². The Kier molecular flexibility index (Phi) is 4.90. The van der Waals surface area contributed by atoms with Gasteiger partial charge in [-0.3, -0.25) is 14.9 Å². The average Bonchev–Trinajstić information content (AvgIpc) is 3.01. The number of nitrogens with zero attached hydrogens (tertiary/aromatic N) is 4. The van der Waals surface area contributed by atoms with Gasteiger partial charge in [0.2, 0.25) is 0 Å². The summed E-state index contributed by atoms with van der Waals surface area (Å²) in [5, 5.41) is 2.12. The van der Waals surface area contributed by atoms with Crippen molar-refractivity contribution in [1.29, 1.82) is 0 Å². The smallest absolute Gasteiger partial charge is 0.0795 e. The van der Waals surface area contributed by atoms with E-state index in [1.807, 2.05) is 12.4 Å². The van der Waals surface area contributed by atoms with Gasteiger partial charge in [0.15, 0.2) is 0 Å².